The third kappa shape index (κ3) is 0.729. The van der Waals surface area contributed by atoms with Crippen molar-refractivity contribution in [1.82, 2.24) is 0 Å². The summed E-state index contributed by atoms with van der Waals surface area (Å²) in [6, 6.07) is 7.89. The van der Waals surface area contributed by atoms with Gasteiger partial charge in [-0.15, -0.1) is 0 Å². The number of anilines is 2. The minimum absolute atomic E-state index is 0.590. The Morgan fingerprint density at radius 3 is 2.38 bits per heavy atom. The van der Waals surface area contributed by atoms with Crippen molar-refractivity contribution in [2.75, 3.05) is 11.5 Å². The molecule has 1 aromatic carbocycles. The van der Waals surface area contributed by atoms with E-state index in [1.807, 2.05) is 0 Å². The van der Waals surface area contributed by atoms with Gasteiger partial charge in [-0.05, 0) is 18.2 Å². The van der Waals surface area contributed by atoms with E-state index in [4.69, 9.17) is 11.5 Å². The molecule has 0 heterocycles. The predicted molar refractivity (Wildman–Crippen MR) is 34.1 cm³/mol. The van der Waals surface area contributed by atoms with Crippen molar-refractivity contribution in [1.29, 1.82) is 0 Å². The normalized spacial score (nSPS) is 9.00. The molecule has 1 radical (unpaired) electrons. The van der Waals surface area contributed by atoms with Gasteiger partial charge in [-0.1, -0.05) is 6.07 Å². The topological polar surface area (TPSA) is 52.0 Å². The molecule has 0 spiro atoms. The molecule has 41 valence electrons. The Labute approximate surface area is 48.1 Å². The molecule has 0 aliphatic carbocycles. The zero-order valence-corrected chi connectivity index (χ0v) is 4.39. The van der Waals surface area contributed by atoms with Crippen LogP contribution < -0.4 is 11.5 Å². The average molecular weight is 107 g/mol. The van der Waals surface area contributed by atoms with Gasteiger partial charge in [-0.2, -0.15) is 0 Å². The van der Waals surface area contributed by atoms with Crippen LogP contribution in [0.15, 0.2) is 18.2 Å². The lowest BCUT2D eigenvalue weighted by molar-refractivity contribution is 1.65. The van der Waals surface area contributed by atoms with Crippen LogP contribution in [0.1, 0.15) is 0 Å². The Morgan fingerprint density at radius 1 is 1.25 bits per heavy atom. The largest absolute Gasteiger partial charge is 0.397 e. The van der Waals surface area contributed by atoms with Crippen molar-refractivity contribution >= 4 is 11.4 Å². The standard InChI is InChI=1S/C6H7N2/c7-5-3-1-2-4-6(5)8/h1,3-4H,7-8H2. The van der Waals surface area contributed by atoms with Crippen LogP contribution in [0.25, 0.3) is 0 Å². The summed E-state index contributed by atoms with van der Waals surface area (Å²) in [5, 5.41) is 0. The van der Waals surface area contributed by atoms with Gasteiger partial charge in [0.25, 0.3) is 0 Å². The van der Waals surface area contributed by atoms with Crippen LogP contribution in [0, 0.1) is 6.07 Å². The molecule has 0 aromatic heterocycles. The van der Waals surface area contributed by atoms with Crippen LogP contribution in [0.5, 0.6) is 0 Å². The maximum Gasteiger partial charge on any atom is 0.0554 e. The number of hydrogen-bond acceptors (Lipinski definition) is 2. The third-order valence-electron chi connectivity index (χ3n) is 0.931. The molecule has 0 amide bonds. The van der Waals surface area contributed by atoms with Crippen molar-refractivity contribution in [2.45, 2.75) is 0 Å². The second-order valence-electron chi connectivity index (χ2n) is 1.56. The van der Waals surface area contributed by atoms with Crippen LogP contribution in [-0.2, 0) is 0 Å². The smallest absolute Gasteiger partial charge is 0.0554 e. The fourth-order valence-corrected chi connectivity index (χ4v) is 0.455. The van der Waals surface area contributed by atoms with E-state index in [2.05, 4.69) is 6.07 Å². The monoisotopic (exact) mass is 107 g/mol. The molecule has 0 fully saturated rings. The van der Waals surface area contributed by atoms with E-state index >= 15 is 0 Å². The van der Waals surface area contributed by atoms with E-state index < -0.39 is 0 Å². The molecule has 0 unspecified atom stereocenters. The number of rotatable bonds is 0. The van der Waals surface area contributed by atoms with Gasteiger partial charge in [0.2, 0.25) is 0 Å². The van der Waals surface area contributed by atoms with Gasteiger partial charge in [0.1, 0.15) is 0 Å². The van der Waals surface area contributed by atoms with Gasteiger partial charge in [-0.25, -0.2) is 0 Å². The summed E-state index contributed by atoms with van der Waals surface area (Å²) in [7, 11) is 0. The molecule has 8 heavy (non-hydrogen) atoms. The van der Waals surface area contributed by atoms with E-state index in [-0.39, 0.29) is 0 Å². The second kappa shape index (κ2) is 1.74. The molecule has 0 atom stereocenters. The first-order chi connectivity index (χ1) is 3.80. The van der Waals surface area contributed by atoms with Gasteiger partial charge in [-0.3, -0.25) is 0 Å². The van der Waals surface area contributed by atoms with Gasteiger partial charge in [0.15, 0.2) is 0 Å². The molecule has 0 bridgehead atoms. The minimum Gasteiger partial charge on any atom is -0.397 e. The maximum absolute atomic E-state index is 5.37. The number of hydrogen-bond donors (Lipinski definition) is 2. The molecule has 2 heteroatoms. The lowest BCUT2D eigenvalue weighted by Crippen LogP contribution is -1.92. The van der Waals surface area contributed by atoms with Crippen molar-refractivity contribution in [3.05, 3.63) is 24.3 Å². The summed E-state index contributed by atoms with van der Waals surface area (Å²) in [5.41, 5.74) is 11.9. The highest BCUT2D eigenvalue weighted by molar-refractivity contribution is 5.61. The summed E-state index contributed by atoms with van der Waals surface area (Å²) in [6.07, 6.45) is 0. The molecule has 0 aliphatic heterocycles. The average Bonchev–Trinajstić information content (AvgIpc) is 1.77. The molecule has 1 rings (SSSR count). The summed E-state index contributed by atoms with van der Waals surface area (Å²) in [5.74, 6) is 0. The fourth-order valence-electron chi connectivity index (χ4n) is 0.455. The van der Waals surface area contributed by atoms with Crippen molar-refractivity contribution in [3.8, 4) is 0 Å². The molecule has 0 aliphatic rings. The molecule has 4 N–H and O–H groups in total. The molecule has 1 aromatic rings. The van der Waals surface area contributed by atoms with Gasteiger partial charge in [0.05, 0.1) is 11.4 Å². The number of nitrogen functional groups attached to an aromatic ring is 2. The Morgan fingerprint density at radius 2 is 2.00 bits per heavy atom. The molecule has 0 saturated heterocycles. The zero-order valence-electron chi connectivity index (χ0n) is 4.39. The highest BCUT2D eigenvalue weighted by atomic mass is 14.7. The van der Waals surface area contributed by atoms with Crippen LogP contribution in [-0.4, -0.2) is 0 Å². The molecular weight excluding hydrogens is 100 g/mol. The highest BCUT2D eigenvalue weighted by Gasteiger charge is 1.85. The lowest BCUT2D eigenvalue weighted by Gasteiger charge is -1.93. The summed E-state index contributed by atoms with van der Waals surface area (Å²) in [4.78, 5) is 0. The first-order valence-electron chi connectivity index (χ1n) is 2.32. The fraction of sp³-hybridized carbons (Fsp3) is 0. The maximum atomic E-state index is 5.37. The van der Waals surface area contributed by atoms with Gasteiger partial charge in [0, 0.05) is 0 Å². The van der Waals surface area contributed by atoms with Crippen LogP contribution in [0.3, 0.4) is 0 Å². The predicted octanol–water partition coefficient (Wildman–Crippen LogP) is 0.651. The van der Waals surface area contributed by atoms with E-state index in [0.29, 0.717) is 11.4 Å². The van der Waals surface area contributed by atoms with E-state index in [1.54, 1.807) is 18.2 Å². The van der Waals surface area contributed by atoms with Crippen molar-refractivity contribution < 1.29 is 0 Å². The first-order valence-corrected chi connectivity index (χ1v) is 2.32. The van der Waals surface area contributed by atoms with Crippen molar-refractivity contribution in [2.24, 2.45) is 0 Å². The zero-order chi connectivity index (χ0) is 5.98. The summed E-state index contributed by atoms with van der Waals surface area (Å²) in [6.45, 7) is 0. The Kier molecular flexibility index (Phi) is 1.08. The van der Waals surface area contributed by atoms with E-state index in [9.17, 15) is 0 Å². The Hall–Kier alpha value is -1.18. The molecular formula is C6H7N2. The van der Waals surface area contributed by atoms with Gasteiger partial charge < -0.3 is 11.5 Å². The highest BCUT2D eigenvalue weighted by Crippen LogP contribution is 2.09. The van der Waals surface area contributed by atoms with E-state index in [1.165, 1.54) is 0 Å². The second-order valence-corrected chi connectivity index (χ2v) is 1.56. The van der Waals surface area contributed by atoms with Crippen LogP contribution in [0.4, 0.5) is 11.4 Å². The van der Waals surface area contributed by atoms with Crippen molar-refractivity contribution in [3.63, 3.8) is 0 Å². The molecule has 0 saturated carbocycles. The number of nitrogens with two attached hydrogens (primary N) is 2. The van der Waals surface area contributed by atoms with Gasteiger partial charge >= 0.3 is 0 Å². The summed E-state index contributed by atoms with van der Waals surface area (Å²) < 4.78 is 0. The Balaban J connectivity index is 3.13. The Bertz CT molecular complexity index is 163. The number of benzene rings is 1. The quantitative estimate of drug-likeness (QED) is 0.478. The first kappa shape index (κ1) is 4.97. The lowest BCUT2D eigenvalue weighted by atomic mass is 10.3. The van der Waals surface area contributed by atoms with Crippen LogP contribution in [0.2, 0.25) is 0 Å². The SMILES string of the molecule is Nc1c[c]ccc1N. The third-order valence-corrected chi connectivity index (χ3v) is 0.931. The molecule has 2 nitrogen and oxygen atoms in total. The minimum atomic E-state index is 0.590. The van der Waals surface area contributed by atoms with E-state index in [0.717, 1.165) is 0 Å². The summed E-state index contributed by atoms with van der Waals surface area (Å²) >= 11 is 0. The van der Waals surface area contributed by atoms with Crippen LogP contribution >= 0.6 is 0 Å².